The Balaban J connectivity index is 3.46. The minimum Gasteiger partial charge on any atom is -0.466 e. The van der Waals surface area contributed by atoms with E-state index in [0.717, 1.165) is 77.0 Å². The Hall–Kier alpha value is -1.40. The van der Waals surface area contributed by atoms with Crippen molar-refractivity contribution in [3.05, 3.63) is 12.2 Å². The molecule has 1 amide bonds. The van der Waals surface area contributed by atoms with Crippen LogP contribution in [0.1, 0.15) is 354 Å². The van der Waals surface area contributed by atoms with Gasteiger partial charge in [-0.1, -0.05) is 296 Å². The van der Waals surface area contributed by atoms with Crippen LogP contribution in [0.5, 0.6) is 0 Å². The van der Waals surface area contributed by atoms with E-state index in [0.29, 0.717) is 25.9 Å². The van der Waals surface area contributed by atoms with Crippen LogP contribution in [0.25, 0.3) is 0 Å². The lowest BCUT2D eigenvalue weighted by molar-refractivity contribution is -0.143. The molecule has 2 atom stereocenters. The van der Waals surface area contributed by atoms with Crippen LogP contribution in [0.2, 0.25) is 0 Å². The molecule has 0 bridgehead atoms. The van der Waals surface area contributed by atoms with Gasteiger partial charge in [-0.2, -0.15) is 0 Å². The molecule has 2 unspecified atom stereocenters. The zero-order valence-electron chi connectivity index (χ0n) is 46.8. The first-order valence-electron chi connectivity index (χ1n) is 31.4. The molecule has 0 radical (unpaired) electrons. The molecule has 410 valence electrons. The van der Waals surface area contributed by atoms with Gasteiger partial charge in [0, 0.05) is 12.8 Å². The number of aliphatic hydroxyl groups is 2. The normalized spacial score (nSPS) is 12.6. The summed E-state index contributed by atoms with van der Waals surface area (Å²) in [4.78, 5) is 24.6. The third-order valence-electron chi connectivity index (χ3n) is 14.8. The summed E-state index contributed by atoms with van der Waals surface area (Å²) in [5.41, 5.74) is 0. The lowest BCUT2D eigenvalue weighted by atomic mass is 10.0. The van der Waals surface area contributed by atoms with Gasteiger partial charge < -0.3 is 20.3 Å². The zero-order valence-corrected chi connectivity index (χ0v) is 46.8. The van der Waals surface area contributed by atoms with Crippen LogP contribution in [-0.2, 0) is 14.3 Å². The number of carbonyl (C=O) groups excluding carboxylic acids is 2. The number of rotatable bonds is 59. The SMILES string of the molecule is CCCCCCCCCCCCCCCCCCCCCCCC(O)C(CO)NC(=O)CCCCCCC/C=C\CCCCCOC(=O)CCCCCCCCCCCCCCCCCCCCC. The number of amides is 1. The van der Waals surface area contributed by atoms with Gasteiger partial charge >= 0.3 is 5.97 Å². The number of ether oxygens (including phenoxy) is 1. The summed E-state index contributed by atoms with van der Waals surface area (Å²) >= 11 is 0. The quantitative estimate of drug-likeness (QED) is 0.0321. The van der Waals surface area contributed by atoms with Gasteiger partial charge in [0.05, 0.1) is 25.4 Å². The van der Waals surface area contributed by atoms with Gasteiger partial charge in [0.2, 0.25) is 5.91 Å². The molecule has 6 heteroatoms. The topological polar surface area (TPSA) is 95.9 Å². The minimum absolute atomic E-state index is 0.0167. The molecular formula is C63H123NO5. The number of esters is 1. The van der Waals surface area contributed by atoms with Crippen LogP contribution in [-0.4, -0.2) is 47.4 Å². The van der Waals surface area contributed by atoms with E-state index < -0.39 is 12.1 Å². The third-order valence-corrected chi connectivity index (χ3v) is 14.8. The van der Waals surface area contributed by atoms with Gasteiger partial charge in [-0.3, -0.25) is 9.59 Å². The standard InChI is InChI=1S/C63H123NO5/c1-3-5-7-9-11-13-15-17-19-21-23-24-26-27-29-31-35-39-43-47-51-55-61(66)60(59-65)64-62(67)56-52-48-44-40-36-33-34-38-42-46-50-54-58-69-63(68)57-53-49-45-41-37-32-30-28-25-22-20-18-16-14-12-10-8-6-4-2/h34,38,60-61,65-66H,3-33,35-37,39-59H2,1-2H3,(H,64,67)/b38-34-. The van der Waals surface area contributed by atoms with Crippen LogP contribution < -0.4 is 5.32 Å². The molecule has 0 heterocycles. The second kappa shape index (κ2) is 59.2. The molecule has 0 rings (SSSR count). The van der Waals surface area contributed by atoms with Crippen molar-refractivity contribution in [1.29, 1.82) is 0 Å². The smallest absolute Gasteiger partial charge is 0.305 e. The van der Waals surface area contributed by atoms with Crippen molar-refractivity contribution in [2.24, 2.45) is 0 Å². The van der Waals surface area contributed by atoms with E-state index in [1.165, 1.54) is 244 Å². The van der Waals surface area contributed by atoms with Crippen LogP contribution in [0.3, 0.4) is 0 Å². The van der Waals surface area contributed by atoms with E-state index in [1.54, 1.807) is 0 Å². The minimum atomic E-state index is -0.681. The van der Waals surface area contributed by atoms with Crippen LogP contribution >= 0.6 is 0 Å². The van der Waals surface area contributed by atoms with Crippen molar-refractivity contribution in [3.63, 3.8) is 0 Å². The first-order valence-corrected chi connectivity index (χ1v) is 31.4. The zero-order chi connectivity index (χ0) is 50.0. The number of allylic oxidation sites excluding steroid dienone is 2. The van der Waals surface area contributed by atoms with Crippen molar-refractivity contribution in [2.75, 3.05) is 13.2 Å². The van der Waals surface area contributed by atoms with E-state index in [-0.39, 0.29) is 18.5 Å². The Morgan fingerprint density at radius 2 is 0.681 bits per heavy atom. The maximum atomic E-state index is 12.5. The summed E-state index contributed by atoms with van der Waals surface area (Å²) in [6.07, 6.45) is 70.8. The average Bonchev–Trinajstić information content (AvgIpc) is 3.35. The van der Waals surface area contributed by atoms with Gasteiger partial charge in [-0.25, -0.2) is 0 Å². The van der Waals surface area contributed by atoms with E-state index in [1.807, 2.05) is 0 Å². The molecule has 0 saturated heterocycles. The predicted octanol–water partition coefficient (Wildman–Crippen LogP) is 19.6. The van der Waals surface area contributed by atoms with Gasteiger partial charge in [-0.05, 0) is 57.8 Å². The summed E-state index contributed by atoms with van der Waals surface area (Å²) in [6.45, 7) is 4.93. The predicted molar refractivity (Wildman–Crippen MR) is 301 cm³/mol. The number of unbranched alkanes of at least 4 members (excludes halogenated alkanes) is 46. The summed E-state index contributed by atoms with van der Waals surface area (Å²) in [7, 11) is 0. The number of hydrogen-bond acceptors (Lipinski definition) is 5. The molecule has 0 aromatic heterocycles. The van der Waals surface area contributed by atoms with Crippen molar-refractivity contribution >= 4 is 11.9 Å². The maximum absolute atomic E-state index is 12.5. The number of nitrogens with one attached hydrogen (secondary N) is 1. The number of hydrogen-bond donors (Lipinski definition) is 3. The molecule has 0 aliphatic rings. The Morgan fingerprint density at radius 3 is 1.03 bits per heavy atom. The summed E-state index contributed by atoms with van der Waals surface area (Å²) < 4.78 is 5.48. The fraction of sp³-hybridized carbons (Fsp3) is 0.937. The molecule has 6 nitrogen and oxygen atoms in total. The number of aliphatic hydroxyl groups excluding tert-OH is 2. The van der Waals surface area contributed by atoms with Gasteiger partial charge in [0.1, 0.15) is 0 Å². The Morgan fingerprint density at radius 1 is 0.391 bits per heavy atom. The summed E-state index contributed by atoms with van der Waals surface area (Å²) in [5, 5.41) is 23.3. The molecule has 0 aromatic rings. The Labute approximate surface area is 431 Å². The van der Waals surface area contributed by atoms with E-state index in [2.05, 4.69) is 31.3 Å². The molecule has 0 aliphatic heterocycles. The third kappa shape index (κ3) is 55.8. The Kier molecular flexibility index (Phi) is 58.0. The first kappa shape index (κ1) is 67.6. The highest BCUT2D eigenvalue weighted by atomic mass is 16.5. The molecule has 0 aliphatic carbocycles. The van der Waals surface area contributed by atoms with Gasteiger partial charge in [0.25, 0.3) is 0 Å². The van der Waals surface area contributed by atoms with Gasteiger partial charge in [0.15, 0.2) is 0 Å². The van der Waals surface area contributed by atoms with Gasteiger partial charge in [-0.15, -0.1) is 0 Å². The summed E-state index contributed by atoms with van der Waals surface area (Å²) in [5.74, 6) is -0.0731. The lowest BCUT2D eigenvalue weighted by Gasteiger charge is -2.22. The van der Waals surface area contributed by atoms with Crippen molar-refractivity contribution in [3.8, 4) is 0 Å². The molecule has 0 saturated carbocycles. The average molecular weight is 975 g/mol. The summed E-state index contributed by atoms with van der Waals surface area (Å²) in [6, 6.07) is -0.560. The van der Waals surface area contributed by atoms with Crippen molar-refractivity contribution in [1.82, 2.24) is 5.32 Å². The highest BCUT2D eigenvalue weighted by Crippen LogP contribution is 2.18. The highest BCUT2D eigenvalue weighted by molar-refractivity contribution is 5.76. The fourth-order valence-corrected chi connectivity index (χ4v) is 9.99. The molecule has 3 N–H and O–H groups in total. The second-order valence-corrected chi connectivity index (χ2v) is 21.7. The monoisotopic (exact) mass is 974 g/mol. The van der Waals surface area contributed by atoms with Crippen molar-refractivity contribution < 1.29 is 24.5 Å². The van der Waals surface area contributed by atoms with E-state index in [9.17, 15) is 19.8 Å². The highest BCUT2D eigenvalue weighted by Gasteiger charge is 2.20. The Bertz CT molecular complexity index is 1030. The number of carbonyl (C=O) groups is 2. The maximum Gasteiger partial charge on any atom is 0.305 e. The van der Waals surface area contributed by atoms with E-state index >= 15 is 0 Å². The van der Waals surface area contributed by atoms with Crippen LogP contribution in [0, 0.1) is 0 Å². The molecule has 0 spiro atoms. The van der Waals surface area contributed by atoms with E-state index in [4.69, 9.17) is 4.74 Å². The molecule has 0 fully saturated rings. The fourth-order valence-electron chi connectivity index (χ4n) is 9.99. The second-order valence-electron chi connectivity index (χ2n) is 21.7. The van der Waals surface area contributed by atoms with Crippen LogP contribution in [0.4, 0.5) is 0 Å². The largest absolute Gasteiger partial charge is 0.466 e. The molecule has 0 aromatic carbocycles. The van der Waals surface area contributed by atoms with Crippen LogP contribution in [0.15, 0.2) is 12.2 Å². The van der Waals surface area contributed by atoms with Crippen molar-refractivity contribution in [2.45, 2.75) is 366 Å². The lowest BCUT2D eigenvalue weighted by Crippen LogP contribution is -2.45. The first-order chi connectivity index (χ1) is 34.0. The molecular weight excluding hydrogens is 851 g/mol. The molecule has 69 heavy (non-hydrogen) atoms.